The standard InChI is InChI=1S/C60H39NO2/c1-2-12-40(13-3-1)44-14-8-15-45(38-44)41-26-32-48(33-27-41)61(50-36-30-43(31-37-50)51-20-10-22-55-53-18-4-6-24-57(53)62-59(51)55)49-34-28-42(29-35-49)46-16-9-17-47(39-46)52-21-11-23-56-54-19-5-7-25-58(54)63-60(52)56/h1-39H. The van der Waals surface area contributed by atoms with Crippen LogP contribution in [0.2, 0.25) is 0 Å². The summed E-state index contributed by atoms with van der Waals surface area (Å²) >= 11 is 0. The highest BCUT2D eigenvalue weighted by atomic mass is 16.3. The third kappa shape index (κ3) is 6.55. The molecule has 0 radical (unpaired) electrons. The molecule has 0 saturated carbocycles. The summed E-state index contributed by atoms with van der Waals surface area (Å²) in [5, 5.41) is 4.52. The molecule has 12 rings (SSSR count). The topological polar surface area (TPSA) is 29.5 Å². The summed E-state index contributed by atoms with van der Waals surface area (Å²) in [5.74, 6) is 0. The third-order valence-corrected chi connectivity index (χ3v) is 12.3. The summed E-state index contributed by atoms with van der Waals surface area (Å²) in [6.45, 7) is 0. The monoisotopic (exact) mass is 805 g/mol. The molecule has 0 bridgehead atoms. The Hall–Kier alpha value is -8.40. The van der Waals surface area contributed by atoms with E-state index in [0.717, 1.165) is 94.3 Å². The highest BCUT2D eigenvalue weighted by molar-refractivity contribution is 6.10. The Morgan fingerprint density at radius 3 is 1.10 bits per heavy atom. The van der Waals surface area contributed by atoms with Crippen molar-refractivity contribution < 1.29 is 8.83 Å². The lowest BCUT2D eigenvalue weighted by molar-refractivity contribution is 0.669. The number of furan rings is 2. The zero-order chi connectivity index (χ0) is 41.7. The number of fused-ring (bicyclic) bond motifs is 6. The minimum atomic E-state index is 0.900. The van der Waals surface area contributed by atoms with Crippen LogP contribution >= 0.6 is 0 Å². The first-order valence-corrected chi connectivity index (χ1v) is 21.4. The number of para-hydroxylation sites is 4. The molecule has 0 aliphatic heterocycles. The van der Waals surface area contributed by atoms with Crippen molar-refractivity contribution in [3.8, 4) is 55.6 Å². The minimum Gasteiger partial charge on any atom is -0.455 e. The summed E-state index contributed by atoms with van der Waals surface area (Å²) in [6, 6.07) is 84.1. The van der Waals surface area contributed by atoms with Gasteiger partial charge in [0.15, 0.2) is 0 Å². The molecule has 0 fully saturated rings. The summed E-state index contributed by atoms with van der Waals surface area (Å²) < 4.78 is 12.8. The lowest BCUT2D eigenvalue weighted by Gasteiger charge is -2.26. The van der Waals surface area contributed by atoms with E-state index in [0.29, 0.717) is 0 Å². The molecule has 3 heteroatoms. The largest absolute Gasteiger partial charge is 0.455 e. The summed E-state index contributed by atoms with van der Waals surface area (Å²) in [4.78, 5) is 2.33. The van der Waals surface area contributed by atoms with Crippen LogP contribution in [0.5, 0.6) is 0 Å². The number of rotatable bonds is 8. The van der Waals surface area contributed by atoms with Gasteiger partial charge in [0.2, 0.25) is 0 Å². The number of hydrogen-bond donors (Lipinski definition) is 0. The van der Waals surface area contributed by atoms with Gasteiger partial charge in [-0.1, -0.05) is 176 Å². The molecule has 0 spiro atoms. The molecule has 296 valence electrons. The number of benzene rings is 10. The fraction of sp³-hybridized carbons (Fsp3) is 0. The van der Waals surface area contributed by atoms with Gasteiger partial charge >= 0.3 is 0 Å². The molecule has 0 N–H and O–H groups in total. The molecule has 2 aromatic heterocycles. The highest BCUT2D eigenvalue weighted by Gasteiger charge is 2.17. The second-order valence-corrected chi connectivity index (χ2v) is 16.1. The second kappa shape index (κ2) is 15.3. The van der Waals surface area contributed by atoms with Crippen LogP contribution in [0, 0.1) is 0 Å². The summed E-state index contributed by atoms with van der Waals surface area (Å²) in [6.07, 6.45) is 0. The van der Waals surface area contributed by atoms with Gasteiger partial charge < -0.3 is 13.7 Å². The van der Waals surface area contributed by atoms with Crippen LogP contribution in [0.3, 0.4) is 0 Å². The maximum Gasteiger partial charge on any atom is 0.143 e. The van der Waals surface area contributed by atoms with Crippen LogP contribution in [0.25, 0.3) is 99.5 Å². The van der Waals surface area contributed by atoms with E-state index in [-0.39, 0.29) is 0 Å². The average Bonchev–Trinajstić information content (AvgIpc) is 3.94. The molecule has 12 aromatic rings. The molecular weight excluding hydrogens is 767 g/mol. The van der Waals surface area contributed by atoms with Crippen molar-refractivity contribution in [1.29, 1.82) is 0 Å². The van der Waals surface area contributed by atoms with Crippen LogP contribution in [0.15, 0.2) is 245 Å². The lowest BCUT2D eigenvalue weighted by Crippen LogP contribution is -2.09. The van der Waals surface area contributed by atoms with E-state index in [1.165, 1.54) is 22.3 Å². The van der Waals surface area contributed by atoms with Gasteiger partial charge in [-0.2, -0.15) is 0 Å². The Balaban J connectivity index is 0.910. The molecule has 3 nitrogen and oxygen atoms in total. The van der Waals surface area contributed by atoms with Crippen molar-refractivity contribution in [1.82, 2.24) is 0 Å². The Labute approximate surface area is 365 Å². The molecular formula is C60H39NO2. The van der Waals surface area contributed by atoms with Crippen LogP contribution in [-0.2, 0) is 0 Å². The Morgan fingerprint density at radius 2 is 0.587 bits per heavy atom. The second-order valence-electron chi connectivity index (χ2n) is 16.1. The van der Waals surface area contributed by atoms with Crippen molar-refractivity contribution in [2.45, 2.75) is 0 Å². The zero-order valence-corrected chi connectivity index (χ0v) is 34.3. The SMILES string of the molecule is c1ccc(-c2cccc(-c3ccc(N(c4ccc(-c5cccc(-c6cccc7c6oc6ccccc67)c5)cc4)c4ccc(-c5cccc6c5oc5ccccc56)cc4)cc3)c2)cc1. The van der Waals surface area contributed by atoms with E-state index in [4.69, 9.17) is 8.83 Å². The molecule has 2 heterocycles. The molecule has 0 amide bonds. The summed E-state index contributed by atoms with van der Waals surface area (Å²) in [7, 11) is 0. The quantitative estimate of drug-likeness (QED) is 0.153. The van der Waals surface area contributed by atoms with E-state index in [9.17, 15) is 0 Å². The van der Waals surface area contributed by atoms with Gasteiger partial charge in [-0.3, -0.25) is 0 Å². The van der Waals surface area contributed by atoms with Crippen LogP contribution in [0.4, 0.5) is 17.1 Å². The molecule has 10 aromatic carbocycles. The fourth-order valence-electron chi connectivity index (χ4n) is 9.17. The van der Waals surface area contributed by atoms with Gasteiger partial charge in [0, 0.05) is 49.7 Å². The summed E-state index contributed by atoms with van der Waals surface area (Å²) in [5.41, 5.74) is 18.2. The predicted molar refractivity (Wildman–Crippen MR) is 263 cm³/mol. The molecule has 0 aliphatic rings. The van der Waals surface area contributed by atoms with Crippen molar-refractivity contribution in [3.05, 3.63) is 237 Å². The smallest absolute Gasteiger partial charge is 0.143 e. The van der Waals surface area contributed by atoms with Gasteiger partial charge in [0.05, 0.1) is 0 Å². The third-order valence-electron chi connectivity index (χ3n) is 12.3. The Kier molecular flexibility index (Phi) is 8.83. The predicted octanol–water partition coefficient (Wildman–Crippen LogP) is 17.3. The van der Waals surface area contributed by atoms with Crippen LogP contribution < -0.4 is 4.90 Å². The van der Waals surface area contributed by atoms with Gasteiger partial charge in [-0.15, -0.1) is 0 Å². The normalized spacial score (nSPS) is 11.5. The molecule has 0 aliphatic carbocycles. The first kappa shape index (κ1) is 36.5. The molecule has 0 atom stereocenters. The van der Waals surface area contributed by atoms with Gasteiger partial charge in [0.1, 0.15) is 22.3 Å². The fourth-order valence-corrected chi connectivity index (χ4v) is 9.17. The van der Waals surface area contributed by atoms with Crippen molar-refractivity contribution >= 4 is 60.9 Å². The van der Waals surface area contributed by atoms with E-state index >= 15 is 0 Å². The van der Waals surface area contributed by atoms with Crippen molar-refractivity contribution in [3.63, 3.8) is 0 Å². The maximum absolute atomic E-state index is 6.43. The van der Waals surface area contributed by atoms with Gasteiger partial charge in [0.25, 0.3) is 0 Å². The lowest BCUT2D eigenvalue weighted by atomic mass is 9.97. The molecule has 0 saturated heterocycles. The van der Waals surface area contributed by atoms with Crippen LogP contribution in [-0.4, -0.2) is 0 Å². The van der Waals surface area contributed by atoms with Crippen molar-refractivity contribution in [2.75, 3.05) is 4.90 Å². The van der Waals surface area contributed by atoms with Crippen molar-refractivity contribution in [2.24, 2.45) is 0 Å². The first-order chi connectivity index (χ1) is 31.2. The maximum atomic E-state index is 6.43. The number of anilines is 3. The zero-order valence-electron chi connectivity index (χ0n) is 34.3. The average molecular weight is 806 g/mol. The Bertz CT molecular complexity index is 3600. The van der Waals surface area contributed by atoms with Gasteiger partial charge in [-0.25, -0.2) is 0 Å². The number of nitrogens with zero attached hydrogens (tertiary/aromatic N) is 1. The van der Waals surface area contributed by atoms with Crippen LogP contribution in [0.1, 0.15) is 0 Å². The van der Waals surface area contributed by atoms with Gasteiger partial charge in [-0.05, 0) is 105 Å². The van der Waals surface area contributed by atoms with E-state index in [1.54, 1.807) is 0 Å². The Morgan fingerprint density at radius 1 is 0.238 bits per heavy atom. The minimum absolute atomic E-state index is 0.900. The highest BCUT2D eigenvalue weighted by Crippen LogP contribution is 2.41. The van der Waals surface area contributed by atoms with E-state index in [2.05, 4.69) is 217 Å². The molecule has 0 unspecified atom stereocenters. The van der Waals surface area contributed by atoms with E-state index in [1.807, 2.05) is 24.3 Å². The number of hydrogen-bond acceptors (Lipinski definition) is 3. The first-order valence-electron chi connectivity index (χ1n) is 21.4. The van der Waals surface area contributed by atoms with E-state index < -0.39 is 0 Å². The molecule has 63 heavy (non-hydrogen) atoms.